The van der Waals surface area contributed by atoms with Gasteiger partial charge in [0.05, 0.1) is 18.8 Å². The van der Waals surface area contributed by atoms with E-state index in [9.17, 15) is 19.1 Å². The number of halogens is 1. The standard InChI is InChI=1S/C21H29FN2O4/c22-16-7-5-15(6-8-16)20(26)23-12-11-17-9-10-18(19(13-25)28-17)24-21(27)14-3-1-2-4-14/h5-8,14,17-19,25H,1-4,9-13H2,(H,23,26)(H,24,27)/t17-,18-,19+/m0/s1. The van der Waals surface area contributed by atoms with Crippen LogP contribution in [0.2, 0.25) is 0 Å². The van der Waals surface area contributed by atoms with Gasteiger partial charge in [0.25, 0.3) is 5.91 Å². The Balaban J connectivity index is 1.41. The highest BCUT2D eigenvalue weighted by atomic mass is 19.1. The average molecular weight is 392 g/mol. The third-order valence-electron chi connectivity index (χ3n) is 5.71. The highest BCUT2D eigenvalue weighted by Gasteiger charge is 2.33. The molecule has 0 unspecified atom stereocenters. The molecule has 0 bridgehead atoms. The molecule has 28 heavy (non-hydrogen) atoms. The maximum atomic E-state index is 12.9. The molecule has 1 heterocycles. The Morgan fingerprint density at radius 3 is 2.50 bits per heavy atom. The maximum Gasteiger partial charge on any atom is 0.251 e. The van der Waals surface area contributed by atoms with E-state index in [2.05, 4.69) is 10.6 Å². The van der Waals surface area contributed by atoms with Crippen molar-refractivity contribution < 1.29 is 23.8 Å². The fourth-order valence-electron chi connectivity index (χ4n) is 4.05. The highest BCUT2D eigenvalue weighted by Crippen LogP contribution is 2.26. The minimum atomic E-state index is -0.420. The largest absolute Gasteiger partial charge is 0.394 e. The van der Waals surface area contributed by atoms with E-state index in [0.717, 1.165) is 38.5 Å². The fraction of sp³-hybridized carbons (Fsp3) is 0.619. The zero-order valence-electron chi connectivity index (χ0n) is 16.0. The quantitative estimate of drug-likeness (QED) is 0.664. The minimum Gasteiger partial charge on any atom is -0.394 e. The van der Waals surface area contributed by atoms with Crippen LogP contribution in [0.5, 0.6) is 0 Å². The van der Waals surface area contributed by atoms with Gasteiger partial charge in [-0.05, 0) is 56.4 Å². The number of aliphatic hydroxyl groups excluding tert-OH is 1. The average Bonchev–Trinajstić information content (AvgIpc) is 3.24. The van der Waals surface area contributed by atoms with Crippen molar-refractivity contribution in [3.8, 4) is 0 Å². The monoisotopic (exact) mass is 392 g/mol. The Hall–Kier alpha value is -1.99. The summed E-state index contributed by atoms with van der Waals surface area (Å²) in [6.45, 7) is 0.284. The second-order valence-corrected chi connectivity index (χ2v) is 7.70. The molecule has 1 saturated heterocycles. The number of hydrogen-bond acceptors (Lipinski definition) is 4. The van der Waals surface area contributed by atoms with Gasteiger partial charge in [-0.1, -0.05) is 12.8 Å². The van der Waals surface area contributed by atoms with Crippen molar-refractivity contribution in [2.45, 2.75) is 63.2 Å². The van der Waals surface area contributed by atoms with Crippen molar-refractivity contribution in [2.75, 3.05) is 13.2 Å². The molecule has 1 aliphatic carbocycles. The lowest BCUT2D eigenvalue weighted by molar-refractivity contribution is -0.131. The summed E-state index contributed by atoms with van der Waals surface area (Å²) in [6, 6.07) is 5.24. The van der Waals surface area contributed by atoms with Crippen molar-refractivity contribution in [2.24, 2.45) is 5.92 Å². The number of carbonyl (C=O) groups is 2. The molecule has 2 fully saturated rings. The molecule has 1 aromatic carbocycles. The predicted molar refractivity (Wildman–Crippen MR) is 102 cm³/mol. The first-order valence-corrected chi connectivity index (χ1v) is 10.2. The van der Waals surface area contributed by atoms with E-state index < -0.39 is 6.10 Å². The number of hydrogen-bond donors (Lipinski definition) is 3. The highest BCUT2D eigenvalue weighted by molar-refractivity contribution is 5.94. The number of rotatable bonds is 7. The van der Waals surface area contributed by atoms with Crippen LogP contribution in [0.4, 0.5) is 4.39 Å². The summed E-state index contributed by atoms with van der Waals surface area (Å²) in [6.07, 6.45) is 5.73. The maximum absolute atomic E-state index is 12.9. The molecule has 0 radical (unpaired) electrons. The Kier molecular flexibility index (Phi) is 7.39. The van der Waals surface area contributed by atoms with Crippen molar-refractivity contribution in [3.05, 3.63) is 35.6 Å². The van der Waals surface area contributed by atoms with Crippen LogP contribution in [0.3, 0.4) is 0 Å². The van der Waals surface area contributed by atoms with Gasteiger partial charge >= 0.3 is 0 Å². The first kappa shape index (κ1) is 20.7. The van der Waals surface area contributed by atoms with E-state index in [1.165, 1.54) is 24.3 Å². The van der Waals surface area contributed by atoms with Gasteiger partial charge in [-0.25, -0.2) is 4.39 Å². The van der Waals surface area contributed by atoms with Crippen LogP contribution in [0.15, 0.2) is 24.3 Å². The molecule has 154 valence electrons. The SMILES string of the molecule is O=C(NCC[C@@H]1CC[C@H](NC(=O)C2CCCC2)[C@@H](CO)O1)c1ccc(F)cc1. The topological polar surface area (TPSA) is 87.7 Å². The van der Waals surface area contributed by atoms with E-state index >= 15 is 0 Å². The van der Waals surface area contributed by atoms with E-state index in [1.807, 2.05) is 0 Å². The van der Waals surface area contributed by atoms with Crippen LogP contribution < -0.4 is 10.6 Å². The van der Waals surface area contributed by atoms with Crippen molar-refractivity contribution >= 4 is 11.8 Å². The number of amides is 2. The lowest BCUT2D eigenvalue weighted by Gasteiger charge is -2.36. The van der Waals surface area contributed by atoms with Crippen LogP contribution in [-0.2, 0) is 9.53 Å². The molecule has 3 N–H and O–H groups in total. The molecule has 7 heteroatoms. The van der Waals surface area contributed by atoms with Crippen LogP contribution >= 0.6 is 0 Å². The third-order valence-corrected chi connectivity index (χ3v) is 5.71. The lowest BCUT2D eigenvalue weighted by atomic mass is 9.96. The van der Waals surface area contributed by atoms with Gasteiger partial charge in [0.1, 0.15) is 11.9 Å². The molecule has 1 aliphatic heterocycles. The van der Waals surface area contributed by atoms with E-state index in [4.69, 9.17) is 4.74 Å². The van der Waals surface area contributed by atoms with Crippen molar-refractivity contribution in [1.82, 2.24) is 10.6 Å². The van der Waals surface area contributed by atoms with Crippen molar-refractivity contribution in [1.29, 1.82) is 0 Å². The Bertz CT molecular complexity index is 661. The summed E-state index contributed by atoms with van der Waals surface area (Å²) in [4.78, 5) is 24.4. The van der Waals surface area contributed by atoms with Crippen molar-refractivity contribution in [3.63, 3.8) is 0 Å². The Morgan fingerprint density at radius 2 is 1.82 bits per heavy atom. The first-order chi connectivity index (χ1) is 13.6. The zero-order chi connectivity index (χ0) is 19.9. The first-order valence-electron chi connectivity index (χ1n) is 10.2. The number of nitrogens with one attached hydrogen (secondary N) is 2. The predicted octanol–water partition coefficient (Wildman–Crippen LogP) is 2.16. The molecule has 0 spiro atoms. The van der Waals surface area contributed by atoms with E-state index in [0.29, 0.717) is 18.5 Å². The number of aliphatic hydroxyl groups is 1. The van der Waals surface area contributed by atoms with Gasteiger partial charge in [0.2, 0.25) is 5.91 Å². The molecule has 0 aromatic heterocycles. The van der Waals surface area contributed by atoms with Crippen LogP contribution in [0, 0.1) is 11.7 Å². The summed E-state index contributed by atoms with van der Waals surface area (Å²) in [5.41, 5.74) is 0.411. The van der Waals surface area contributed by atoms with E-state index in [1.54, 1.807) is 0 Å². The number of benzene rings is 1. The second-order valence-electron chi connectivity index (χ2n) is 7.70. The smallest absolute Gasteiger partial charge is 0.251 e. The van der Waals surface area contributed by atoms with Crippen LogP contribution in [-0.4, -0.2) is 48.3 Å². The summed E-state index contributed by atoms with van der Waals surface area (Å²) in [7, 11) is 0. The van der Waals surface area contributed by atoms with Crippen LogP contribution in [0.1, 0.15) is 55.3 Å². The number of carbonyl (C=O) groups excluding carboxylic acids is 2. The lowest BCUT2D eigenvalue weighted by Crippen LogP contribution is -2.52. The van der Waals surface area contributed by atoms with Gasteiger partial charge in [-0.2, -0.15) is 0 Å². The van der Waals surface area contributed by atoms with Gasteiger partial charge in [-0.15, -0.1) is 0 Å². The number of ether oxygens (including phenoxy) is 1. The fourth-order valence-corrected chi connectivity index (χ4v) is 4.05. The molecule has 3 rings (SSSR count). The summed E-state index contributed by atoms with van der Waals surface area (Å²) in [5, 5.41) is 15.5. The molecule has 1 saturated carbocycles. The molecule has 3 atom stereocenters. The van der Waals surface area contributed by atoms with Gasteiger partial charge in [-0.3, -0.25) is 9.59 Å². The van der Waals surface area contributed by atoms with Gasteiger partial charge in [0, 0.05) is 18.0 Å². The van der Waals surface area contributed by atoms with Gasteiger partial charge < -0.3 is 20.5 Å². The molecular weight excluding hydrogens is 363 g/mol. The molecule has 6 nitrogen and oxygen atoms in total. The van der Waals surface area contributed by atoms with Gasteiger partial charge in [0.15, 0.2) is 0 Å². The van der Waals surface area contributed by atoms with Crippen LogP contribution in [0.25, 0.3) is 0 Å². The van der Waals surface area contributed by atoms with E-state index in [-0.39, 0.29) is 42.3 Å². The summed E-state index contributed by atoms with van der Waals surface area (Å²) in [5.74, 6) is -0.457. The normalized spacial score (nSPS) is 25.4. The minimum absolute atomic E-state index is 0.0783. The molecular formula is C21H29FN2O4. The summed E-state index contributed by atoms with van der Waals surface area (Å²) >= 11 is 0. The molecule has 2 amide bonds. The Morgan fingerprint density at radius 1 is 1.11 bits per heavy atom. The third kappa shape index (κ3) is 5.52. The Labute approximate surface area is 164 Å². The molecule has 2 aliphatic rings. The second kappa shape index (κ2) is 9.98. The molecule has 1 aromatic rings. The summed E-state index contributed by atoms with van der Waals surface area (Å²) < 4.78 is 18.9. The zero-order valence-corrected chi connectivity index (χ0v) is 16.0.